The molecule has 1 aliphatic heterocycles. The zero-order chi connectivity index (χ0) is 39.3. The van der Waals surface area contributed by atoms with Crippen molar-refractivity contribution in [3.8, 4) is 11.6 Å². The van der Waals surface area contributed by atoms with Gasteiger partial charge >= 0.3 is 6.09 Å². The number of hydrogen-bond acceptors (Lipinski definition) is 10. The lowest BCUT2D eigenvalue weighted by Crippen LogP contribution is -2.60. The molecule has 1 unspecified atom stereocenters. The van der Waals surface area contributed by atoms with Crippen LogP contribution >= 0.6 is 0 Å². The second-order valence-corrected chi connectivity index (χ2v) is 18.3. The predicted octanol–water partition coefficient (Wildman–Crippen LogP) is 4.12. The lowest BCUT2D eigenvalue weighted by atomic mass is 9.85. The lowest BCUT2D eigenvalue weighted by Gasteiger charge is -2.36. The summed E-state index contributed by atoms with van der Waals surface area (Å²) in [5.74, 6) is -3.36. The molecule has 1 aromatic heterocycles. The molecule has 16 heteroatoms. The lowest BCUT2D eigenvalue weighted by molar-refractivity contribution is -0.143. The highest BCUT2D eigenvalue weighted by Crippen LogP contribution is 2.48. The van der Waals surface area contributed by atoms with Crippen LogP contribution in [-0.2, 0) is 29.1 Å². The summed E-state index contributed by atoms with van der Waals surface area (Å²) in [4.78, 5) is 61.0. The van der Waals surface area contributed by atoms with E-state index in [0.717, 1.165) is 0 Å². The molecular weight excluding hydrogens is 709 g/mol. The number of sulfonamides is 1. The molecule has 2 aromatic rings. The molecule has 3 N–H and O–H groups in total. The zero-order valence-corrected chi connectivity index (χ0v) is 32.3. The van der Waals surface area contributed by atoms with E-state index in [1.54, 1.807) is 54.5 Å². The Morgan fingerprint density at radius 2 is 1.83 bits per heavy atom. The number of amides is 4. The van der Waals surface area contributed by atoms with Crippen LogP contribution in [0.5, 0.6) is 11.6 Å². The SMILES string of the molecule is C=C[C@@H]1C[C@]1(NC(=O)C1C[C@@H](Oc2nccc3cc(OC)c(F)cc23)CN1C(=O)[C@@H](NC(=O)OC(C)(C)C)C(C)(C)C)C(=O)NS(=O)(=O)C1(CC)CC1. The maximum Gasteiger partial charge on any atom is 0.408 e. The molecule has 1 aromatic carbocycles. The van der Waals surface area contributed by atoms with E-state index in [4.69, 9.17) is 14.2 Å². The second kappa shape index (κ2) is 14.1. The number of pyridine rings is 1. The van der Waals surface area contributed by atoms with Gasteiger partial charge in [-0.25, -0.2) is 22.6 Å². The van der Waals surface area contributed by atoms with E-state index in [0.29, 0.717) is 30.0 Å². The standard InChI is InChI=1S/C37H50FN5O9S/c1-10-22-19-37(22,32(46)42-53(48,49)36(11-2)13-14-36)41-29(44)26-17-23(51-30-24-18-25(38)27(50-9)16-21(24)12-15-39-30)20-43(26)31(45)28(34(3,4)5)40-33(47)52-35(6,7)8/h10,12,15-16,18,22-23,26,28H,1,11,13-14,17,19-20H2,2-9H3,(H,40,47)(H,41,44)(H,42,46)/t22-,23-,26?,28-,37-/m1/s1. The van der Waals surface area contributed by atoms with Gasteiger partial charge in [0.05, 0.1) is 18.4 Å². The zero-order valence-electron chi connectivity index (χ0n) is 31.5. The minimum atomic E-state index is -4.04. The van der Waals surface area contributed by atoms with E-state index in [9.17, 15) is 32.0 Å². The van der Waals surface area contributed by atoms with Gasteiger partial charge in [0, 0.05) is 23.9 Å². The average molecular weight is 760 g/mol. The number of fused-ring (bicyclic) bond motifs is 1. The molecule has 0 bridgehead atoms. The van der Waals surface area contributed by atoms with Crippen LogP contribution in [0.15, 0.2) is 37.1 Å². The summed E-state index contributed by atoms with van der Waals surface area (Å²) in [5.41, 5.74) is -3.33. The van der Waals surface area contributed by atoms with E-state index in [1.807, 2.05) is 0 Å². The second-order valence-electron chi connectivity index (χ2n) is 16.2. The summed E-state index contributed by atoms with van der Waals surface area (Å²) in [6.45, 7) is 15.7. The van der Waals surface area contributed by atoms with Crippen LogP contribution in [0.2, 0.25) is 0 Å². The van der Waals surface area contributed by atoms with Gasteiger partial charge in [-0.3, -0.25) is 19.1 Å². The fourth-order valence-electron chi connectivity index (χ4n) is 6.78. The molecular formula is C37H50FN5O9S. The number of methoxy groups -OCH3 is 1. The molecule has 5 rings (SSSR count). The fourth-order valence-corrected chi connectivity index (χ4v) is 8.44. The largest absolute Gasteiger partial charge is 0.494 e. The molecule has 2 heterocycles. The van der Waals surface area contributed by atoms with Crippen LogP contribution in [0, 0.1) is 17.2 Å². The highest BCUT2D eigenvalue weighted by molar-refractivity contribution is 7.91. The monoisotopic (exact) mass is 759 g/mol. The van der Waals surface area contributed by atoms with Crippen LogP contribution in [0.4, 0.5) is 9.18 Å². The molecule has 5 atom stereocenters. The van der Waals surface area contributed by atoms with E-state index < -0.39 is 85.1 Å². The maximum absolute atomic E-state index is 14.8. The molecule has 53 heavy (non-hydrogen) atoms. The third-order valence-corrected chi connectivity index (χ3v) is 12.5. The van der Waals surface area contributed by atoms with E-state index in [1.165, 1.54) is 36.4 Å². The third kappa shape index (κ3) is 8.06. The molecule has 14 nitrogen and oxygen atoms in total. The first-order chi connectivity index (χ1) is 24.6. The van der Waals surface area contributed by atoms with Crippen molar-refractivity contribution in [1.29, 1.82) is 0 Å². The molecule has 0 spiro atoms. The third-order valence-electron chi connectivity index (χ3n) is 10.2. The molecule has 2 saturated carbocycles. The molecule has 1 saturated heterocycles. The van der Waals surface area contributed by atoms with Gasteiger partial charge in [0.1, 0.15) is 29.3 Å². The number of benzene rings is 1. The van der Waals surface area contributed by atoms with Crippen molar-refractivity contribution < 1.29 is 46.2 Å². The summed E-state index contributed by atoms with van der Waals surface area (Å²) in [6, 6.07) is 1.97. The Morgan fingerprint density at radius 3 is 2.38 bits per heavy atom. The van der Waals surface area contributed by atoms with Crippen molar-refractivity contribution in [1.82, 2.24) is 25.2 Å². The summed E-state index contributed by atoms with van der Waals surface area (Å²) in [7, 11) is -2.69. The first-order valence-electron chi connectivity index (χ1n) is 17.7. The molecule has 290 valence electrons. The predicted molar refractivity (Wildman–Crippen MR) is 194 cm³/mol. The number of likely N-dealkylation sites (tertiary alicyclic amines) is 1. The van der Waals surface area contributed by atoms with Gasteiger partial charge in [-0.2, -0.15) is 0 Å². The van der Waals surface area contributed by atoms with Crippen LogP contribution in [0.3, 0.4) is 0 Å². The van der Waals surface area contributed by atoms with E-state index >= 15 is 0 Å². The molecule has 2 aliphatic carbocycles. The van der Waals surface area contributed by atoms with Gasteiger partial charge in [-0.1, -0.05) is 33.8 Å². The number of alkyl carbamates (subject to hydrolysis) is 1. The minimum absolute atomic E-state index is 0.0281. The average Bonchev–Trinajstić information content (AvgIpc) is 3.97. The summed E-state index contributed by atoms with van der Waals surface area (Å²) in [5, 5.41) is 6.34. The number of hydrogen-bond donors (Lipinski definition) is 3. The first kappa shape index (κ1) is 39.7. The van der Waals surface area contributed by atoms with Gasteiger partial charge in [-0.15, -0.1) is 6.58 Å². The van der Waals surface area contributed by atoms with Gasteiger partial charge in [0.25, 0.3) is 5.91 Å². The Balaban J connectivity index is 1.46. The highest BCUT2D eigenvalue weighted by Gasteiger charge is 2.63. The number of carbonyl (C=O) groups is 4. The smallest absolute Gasteiger partial charge is 0.408 e. The van der Waals surface area contributed by atoms with Crippen molar-refractivity contribution in [2.45, 2.75) is 115 Å². The Labute approximate surface area is 309 Å². The summed E-state index contributed by atoms with van der Waals surface area (Å²) >= 11 is 0. The van der Waals surface area contributed by atoms with Crippen LogP contribution in [0.25, 0.3) is 10.8 Å². The first-order valence-corrected chi connectivity index (χ1v) is 19.2. The van der Waals surface area contributed by atoms with Crippen molar-refractivity contribution in [3.05, 3.63) is 42.9 Å². The molecule has 3 fully saturated rings. The van der Waals surface area contributed by atoms with Gasteiger partial charge in [0.2, 0.25) is 27.7 Å². The van der Waals surface area contributed by atoms with Crippen molar-refractivity contribution in [2.75, 3.05) is 13.7 Å². The van der Waals surface area contributed by atoms with E-state index in [-0.39, 0.29) is 31.0 Å². The Hall–Kier alpha value is -4.47. The van der Waals surface area contributed by atoms with Crippen LogP contribution < -0.4 is 24.8 Å². The van der Waals surface area contributed by atoms with Gasteiger partial charge < -0.3 is 29.7 Å². The Bertz CT molecular complexity index is 1920. The topological polar surface area (TPSA) is 182 Å². The number of halogens is 1. The van der Waals surface area contributed by atoms with Crippen molar-refractivity contribution >= 4 is 44.6 Å². The quantitative estimate of drug-likeness (QED) is 0.266. The maximum atomic E-state index is 14.8. The summed E-state index contributed by atoms with van der Waals surface area (Å²) in [6.07, 6.45) is 2.47. The Kier molecular flexibility index (Phi) is 10.5. The highest BCUT2D eigenvalue weighted by atomic mass is 32.2. The number of ether oxygens (including phenoxy) is 3. The molecule has 4 amide bonds. The van der Waals surface area contributed by atoms with E-state index in [2.05, 4.69) is 26.9 Å². The van der Waals surface area contributed by atoms with Gasteiger partial charge in [-0.05, 0) is 75.5 Å². The molecule has 3 aliphatic rings. The summed E-state index contributed by atoms with van der Waals surface area (Å²) < 4.78 is 59.2. The minimum Gasteiger partial charge on any atom is -0.494 e. The normalized spacial score (nSPS) is 24.1. The number of rotatable bonds is 12. The van der Waals surface area contributed by atoms with Crippen molar-refractivity contribution in [3.63, 3.8) is 0 Å². The number of carbonyl (C=O) groups excluding carboxylic acids is 4. The fraction of sp³-hybridized carbons (Fsp3) is 0.595. The molecule has 0 radical (unpaired) electrons. The Morgan fingerprint density at radius 1 is 1.15 bits per heavy atom. The van der Waals surface area contributed by atoms with Gasteiger partial charge in [0.15, 0.2) is 11.6 Å². The van der Waals surface area contributed by atoms with Crippen molar-refractivity contribution in [2.24, 2.45) is 11.3 Å². The van der Waals surface area contributed by atoms with Crippen LogP contribution in [0.1, 0.15) is 80.6 Å². The van der Waals surface area contributed by atoms with Crippen LogP contribution in [-0.4, -0.2) is 89.8 Å². The number of aromatic nitrogens is 1. The number of nitrogens with one attached hydrogen (secondary N) is 3. The number of nitrogens with zero attached hydrogens (tertiary/aromatic N) is 2.